The number of hydrogen-bond acceptors (Lipinski definition) is 2. The number of hydrogen-bond donors (Lipinski definition) is 1. The summed E-state index contributed by atoms with van der Waals surface area (Å²) in [6, 6.07) is -0.499. The van der Waals surface area contributed by atoms with E-state index in [9.17, 15) is 9.90 Å². The van der Waals surface area contributed by atoms with Crippen molar-refractivity contribution in [3.8, 4) is 0 Å². The van der Waals surface area contributed by atoms with Crippen molar-refractivity contribution in [2.45, 2.75) is 45.1 Å². The zero-order chi connectivity index (χ0) is 11.9. The number of carboxylic acid groups (broad SMARTS) is 1. The minimum atomic E-state index is -0.795. The third kappa shape index (κ3) is 1.71. The van der Waals surface area contributed by atoms with E-state index in [1.54, 1.807) is 0 Å². The van der Waals surface area contributed by atoms with Gasteiger partial charge >= 0.3 is 5.97 Å². The lowest BCUT2D eigenvalue weighted by Gasteiger charge is -2.25. The Morgan fingerprint density at radius 1 is 1.62 bits per heavy atom. The fourth-order valence-electron chi connectivity index (χ4n) is 2.26. The molecule has 1 aromatic heterocycles. The predicted molar refractivity (Wildman–Crippen MR) is 60.9 cm³/mol. The van der Waals surface area contributed by atoms with E-state index in [4.69, 9.17) is 11.6 Å². The van der Waals surface area contributed by atoms with E-state index < -0.39 is 12.0 Å². The van der Waals surface area contributed by atoms with Crippen LogP contribution in [0.5, 0.6) is 0 Å². The molecule has 0 spiro atoms. The first-order valence-electron chi connectivity index (χ1n) is 5.51. The number of aromatic nitrogens is 2. The highest BCUT2D eigenvalue weighted by Gasteiger charge is 2.31. The van der Waals surface area contributed by atoms with Crippen molar-refractivity contribution in [1.82, 2.24) is 9.55 Å². The van der Waals surface area contributed by atoms with Crippen LogP contribution < -0.4 is 0 Å². The number of fused-ring (bicyclic) bond motifs is 1. The highest BCUT2D eigenvalue weighted by Crippen LogP contribution is 2.33. The lowest BCUT2D eigenvalue weighted by molar-refractivity contribution is -0.141. The van der Waals surface area contributed by atoms with Crippen LogP contribution in [-0.4, -0.2) is 20.6 Å². The van der Waals surface area contributed by atoms with Crippen LogP contribution in [0.1, 0.15) is 50.2 Å². The number of halogens is 1. The number of rotatable bonds is 2. The maximum absolute atomic E-state index is 11.2. The van der Waals surface area contributed by atoms with Crippen LogP contribution in [0.2, 0.25) is 5.15 Å². The summed E-state index contributed by atoms with van der Waals surface area (Å²) >= 11 is 6.05. The Morgan fingerprint density at radius 2 is 2.31 bits per heavy atom. The molecule has 2 rings (SSSR count). The summed E-state index contributed by atoms with van der Waals surface area (Å²) in [5.41, 5.74) is 0.879. The number of nitrogens with zero attached hydrogens (tertiary/aromatic N) is 2. The molecule has 88 valence electrons. The number of imidazole rings is 1. The summed E-state index contributed by atoms with van der Waals surface area (Å²) in [6.07, 6.45) is 2.34. The standard InChI is InChI=1S/C11H15ClN2O2/c1-6(2)10-13-9(12)7-4-3-5-8(11(15)16)14(7)10/h6,8H,3-5H2,1-2H3,(H,15,16). The van der Waals surface area contributed by atoms with E-state index in [-0.39, 0.29) is 5.92 Å². The molecule has 0 amide bonds. The van der Waals surface area contributed by atoms with Crippen molar-refractivity contribution in [3.05, 3.63) is 16.7 Å². The summed E-state index contributed by atoms with van der Waals surface area (Å²) in [7, 11) is 0. The fraction of sp³-hybridized carbons (Fsp3) is 0.636. The number of carboxylic acids is 1. The molecule has 1 unspecified atom stereocenters. The van der Waals surface area contributed by atoms with E-state index >= 15 is 0 Å². The molecule has 1 aliphatic heterocycles. The Hall–Kier alpha value is -1.03. The Labute approximate surface area is 99.2 Å². The minimum absolute atomic E-state index is 0.186. The monoisotopic (exact) mass is 242 g/mol. The van der Waals surface area contributed by atoms with Crippen molar-refractivity contribution >= 4 is 17.6 Å². The molecule has 0 aromatic carbocycles. The van der Waals surface area contributed by atoms with Gasteiger partial charge in [-0.15, -0.1) is 0 Å². The number of aliphatic carboxylic acids is 1. The summed E-state index contributed by atoms with van der Waals surface area (Å²) in [6.45, 7) is 4.00. The molecule has 1 N–H and O–H groups in total. The molecule has 1 atom stereocenters. The average molecular weight is 243 g/mol. The second-order valence-electron chi connectivity index (χ2n) is 4.48. The van der Waals surface area contributed by atoms with Crippen molar-refractivity contribution in [3.63, 3.8) is 0 Å². The van der Waals surface area contributed by atoms with Gasteiger partial charge in [0.05, 0.1) is 5.69 Å². The van der Waals surface area contributed by atoms with Crippen molar-refractivity contribution < 1.29 is 9.90 Å². The zero-order valence-electron chi connectivity index (χ0n) is 9.40. The maximum Gasteiger partial charge on any atom is 0.326 e. The molecule has 5 heteroatoms. The van der Waals surface area contributed by atoms with Gasteiger partial charge in [0.15, 0.2) is 5.15 Å². The smallest absolute Gasteiger partial charge is 0.326 e. The molecule has 1 aromatic rings. The second kappa shape index (κ2) is 4.09. The van der Waals surface area contributed by atoms with Gasteiger partial charge in [-0.25, -0.2) is 9.78 Å². The van der Waals surface area contributed by atoms with Crippen molar-refractivity contribution in [1.29, 1.82) is 0 Å². The molecule has 2 heterocycles. The van der Waals surface area contributed by atoms with E-state index in [1.165, 1.54) is 0 Å². The molecule has 0 aliphatic carbocycles. The van der Waals surface area contributed by atoms with Gasteiger partial charge < -0.3 is 9.67 Å². The second-order valence-corrected chi connectivity index (χ2v) is 4.84. The summed E-state index contributed by atoms with van der Waals surface area (Å²) in [5.74, 6) is 0.176. The van der Waals surface area contributed by atoms with Crippen LogP contribution >= 0.6 is 11.6 Å². The van der Waals surface area contributed by atoms with E-state index in [0.717, 1.165) is 24.4 Å². The predicted octanol–water partition coefficient (Wildman–Crippen LogP) is 2.62. The Morgan fingerprint density at radius 3 is 2.88 bits per heavy atom. The Kier molecular flexibility index (Phi) is 2.93. The van der Waals surface area contributed by atoms with Crippen molar-refractivity contribution in [2.75, 3.05) is 0 Å². The van der Waals surface area contributed by atoms with Gasteiger partial charge in [0, 0.05) is 5.92 Å². The highest BCUT2D eigenvalue weighted by molar-refractivity contribution is 6.30. The minimum Gasteiger partial charge on any atom is -0.480 e. The van der Waals surface area contributed by atoms with Crippen LogP contribution in [0.4, 0.5) is 0 Å². The molecule has 0 radical (unpaired) electrons. The molecule has 0 fully saturated rings. The molecule has 16 heavy (non-hydrogen) atoms. The lowest BCUT2D eigenvalue weighted by Crippen LogP contribution is -2.26. The van der Waals surface area contributed by atoms with Gasteiger partial charge in [0.1, 0.15) is 11.9 Å². The van der Waals surface area contributed by atoms with E-state index in [0.29, 0.717) is 11.6 Å². The topological polar surface area (TPSA) is 55.1 Å². The SMILES string of the molecule is CC(C)c1nc(Cl)c2n1C(C(=O)O)CCC2. The van der Waals surface area contributed by atoms with Crippen molar-refractivity contribution in [2.24, 2.45) is 0 Å². The third-order valence-electron chi connectivity index (χ3n) is 2.99. The molecule has 0 saturated carbocycles. The molecular formula is C11H15ClN2O2. The lowest BCUT2D eigenvalue weighted by atomic mass is 10.0. The van der Waals surface area contributed by atoms with Gasteiger partial charge in [-0.2, -0.15) is 0 Å². The number of carbonyl (C=O) groups is 1. The molecule has 1 aliphatic rings. The first-order valence-corrected chi connectivity index (χ1v) is 5.89. The third-order valence-corrected chi connectivity index (χ3v) is 3.30. The molecule has 0 bridgehead atoms. The molecule has 4 nitrogen and oxygen atoms in total. The van der Waals surface area contributed by atoms with Crippen LogP contribution in [0.3, 0.4) is 0 Å². The van der Waals surface area contributed by atoms with Gasteiger partial charge in [0.2, 0.25) is 0 Å². The maximum atomic E-state index is 11.2. The molecular weight excluding hydrogens is 228 g/mol. The highest BCUT2D eigenvalue weighted by atomic mass is 35.5. The van der Waals surface area contributed by atoms with Crippen LogP contribution in [-0.2, 0) is 11.2 Å². The van der Waals surface area contributed by atoms with Crippen LogP contribution in [0, 0.1) is 0 Å². The first-order chi connectivity index (χ1) is 7.52. The van der Waals surface area contributed by atoms with Crippen LogP contribution in [0.25, 0.3) is 0 Å². The Balaban J connectivity index is 2.56. The summed E-state index contributed by atoms with van der Waals surface area (Å²) in [5, 5.41) is 9.68. The van der Waals surface area contributed by atoms with Gasteiger partial charge in [-0.3, -0.25) is 0 Å². The summed E-state index contributed by atoms with van der Waals surface area (Å²) in [4.78, 5) is 15.5. The zero-order valence-corrected chi connectivity index (χ0v) is 10.2. The van der Waals surface area contributed by atoms with E-state index in [2.05, 4.69) is 4.98 Å². The largest absolute Gasteiger partial charge is 0.480 e. The normalized spacial score (nSPS) is 19.9. The van der Waals surface area contributed by atoms with E-state index in [1.807, 2.05) is 18.4 Å². The summed E-state index contributed by atoms with van der Waals surface area (Å²) < 4.78 is 1.82. The first kappa shape index (κ1) is 11.5. The van der Waals surface area contributed by atoms with Gasteiger partial charge in [-0.05, 0) is 19.3 Å². The van der Waals surface area contributed by atoms with Crippen LogP contribution in [0.15, 0.2) is 0 Å². The van der Waals surface area contributed by atoms with Gasteiger partial charge in [0.25, 0.3) is 0 Å². The Bertz CT molecular complexity index is 426. The van der Waals surface area contributed by atoms with Gasteiger partial charge in [-0.1, -0.05) is 25.4 Å². The average Bonchev–Trinajstić information content (AvgIpc) is 2.56. The molecule has 0 saturated heterocycles. The fourth-order valence-corrected chi connectivity index (χ4v) is 2.53. The quantitative estimate of drug-likeness (QED) is 0.867.